The number of piperidine rings is 1. The fourth-order valence-corrected chi connectivity index (χ4v) is 2.78. The van der Waals surface area contributed by atoms with Crippen LogP contribution in [-0.4, -0.2) is 13.1 Å². The standard InChI is InChI=1S/C15H19ClN2/c1-2-12-5-7-18(8-6-12)15-4-3-13(10-16)9-14(15)11-17/h3-4,9,12H,2,5-8,10H2,1H3. The molecule has 2 nitrogen and oxygen atoms in total. The molecule has 0 bridgehead atoms. The smallest absolute Gasteiger partial charge is 0.101 e. The summed E-state index contributed by atoms with van der Waals surface area (Å²) in [6.07, 6.45) is 3.74. The third-order valence-corrected chi connectivity index (χ3v) is 4.18. The first-order valence-electron chi connectivity index (χ1n) is 6.62. The van der Waals surface area contributed by atoms with E-state index in [9.17, 15) is 5.26 Å². The molecule has 0 N–H and O–H groups in total. The van der Waals surface area contributed by atoms with Gasteiger partial charge in [0.25, 0.3) is 0 Å². The van der Waals surface area contributed by atoms with Crippen molar-refractivity contribution in [3.8, 4) is 6.07 Å². The highest BCUT2D eigenvalue weighted by molar-refractivity contribution is 6.17. The van der Waals surface area contributed by atoms with Crippen LogP contribution in [0.4, 0.5) is 5.69 Å². The first-order valence-corrected chi connectivity index (χ1v) is 7.15. The van der Waals surface area contributed by atoms with Gasteiger partial charge < -0.3 is 4.90 Å². The average Bonchev–Trinajstić information content (AvgIpc) is 2.46. The highest BCUT2D eigenvalue weighted by Gasteiger charge is 2.19. The van der Waals surface area contributed by atoms with Crippen LogP contribution in [0.15, 0.2) is 18.2 Å². The van der Waals surface area contributed by atoms with Crippen LogP contribution in [0, 0.1) is 17.2 Å². The van der Waals surface area contributed by atoms with Crippen LogP contribution in [0.3, 0.4) is 0 Å². The van der Waals surface area contributed by atoms with Gasteiger partial charge in [0.1, 0.15) is 6.07 Å². The van der Waals surface area contributed by atoms with E-state index >= 15 is 0 Å². The second-order valence-corrected chi connectivity index (χ2v) is 5.20. The maximum absolute atomic E-state index is 9.25. The monoisotopic (exact) mass is 262 g/mol. The molecule has 0 aliphatic carbocycles. The molecule has 0 atom stereocenters. The zero-order valence-corrected chi connectivity index (χ0v) is 11.6. The van der Waals surface area contributed by atoms with Crippen LogP contribution in [0.5, 0.6) is 0 Å². The van der Waals surface area contributed by atoms with E-state index in [1.807, 2.05) is 18.2 Å². The number of alkyl halides is 1. The summed E-state index contributed by atoms with van der Waals surface area (Å²) >= 11 is 5.81. The molecule has 1 fully saturated rings. The summed E-state index contributed by atoms with van der Waals surface area (Å²) in [5.41, 5.74) is 2.84. The van der Waals surface area contributed by atoms with Crippen molar-refractivity contribution in [3.05, 3.63) is 29.3 Å². The number of hydrogen-bond acceptors (Lipinski definition) is 2. The number of rotatable bonds is 3. The predicted octanol–water partition coefficient (Wildman–Crippen LogP) is 3.92. The number of hydrogen-bond donors (Lipinski definition) is 0. The number of nitriles is 1. The first-order chi connectivity index (χ1) is 8.78. The normalized spacial score (nSPS) is 16.6. The van der Waals surface area contributed by atoms with Crippen molar-refractivity contribution in [2.75, 3.05) is 18.0 Å². The van der Waals surface area contributed by atoms with Crippen molar-refractivity contribution in [3.63, 3.8) is 0 Å². The largest absolute Gasteiger partial charge is 0.370 e. The van der Waals surface area contributed by atoms with Gasteiger partial charge in [0.05, 0.1) is 11.3 Å². The van der Waals surface area contributed by atoms with Gasteiger partial charge in [-0.3, -0.25) is 0 Å². The Morgan fingerprint density at radius 1 is 1.39 bits per heavy atom. The van der Waals surface area contributed by atoms with Crippen molar-refractivity contribution in [2.45, 2.75) is 32.1 Å². The minimum absolute atomic E-state index is 0.465. The molecule has 0 unspecified atom stereocenters. The summed E-state index contributed by atoms with van der Waals surface area (Å²) in [5.74, 6) is 1.32. The molecule has 0 amide bonds. The molecular weight excluding hydrogens is 244 g/mol. The van der Waals surface area contributed by atoms with Gasteiger partial charge in [-0.1, -0.05) is 19.4 Å². The molecule has 1 aliphatic rings. The Bertz CT molecular complexity index is 442. The lowest BCUT2D eigenvalue weighted by Crippen LogP contribution is -2.33. The van der Waals surface area contributed by atoms with E-state index in [1.165, 1.54) is 19.3 Å². The van der Waals surface area contributed by atoms with Crippen LogP contribution >= 0.6 is 11.6 Å². The fraction of sp³-hybridized carbons (Fsp3) is 0.533. The second kappa shape index (κ2) is 6.11. The minimum Gasteiger partial charge on any atom is -0.370 e. The highest BCUT2D eigenvalue weighted by atomic mass is 35.5. The Morgan fingerprint density at radius 2 is 2.11 bits per heavy atom. The molecule has 1 saturated heterocycles. The molecule has 0 spiro atoms. The molecule has 18 heavy (non-hydrogen) atoms. The summed E-state index contributed by atoms with van der Waals surface area (Å²) < 4.78 is 0. The third-order valence-electron chi connectivity index (χ3n) is 3.87. The van der Waals surface area contributed by atoms with Crippen LogP contribution in [0.1, 0.15) is 37.3 Å². The number of anilines is 1. The van der Waals surface area contributed by atoms with Gasteiger partial charge in [-0.15, -0.1) is 11.6 Å². The van der Waals surface area contributed by atoms with Gasteiger partial charge in [-0.25, -0.2) is 0 Å². The summed E-state index contributed by atoms with van der Waals surface area (Å²) in [5, 5.41) is 9.25. The first kappa shape index (κ1) is 13.2. The van der Waals surface area contributed by atoms with Gasteiger partial charge in [-0.05, 0) is 36.5 Å². The van der Waals surface area contributed by atoms with Crippen molar-refractivity contribution in [1.29, 1.82) is 5.26 Å². The highest BCUT2D eigenvalue weighted by Crippen LogP contribution is 2.28. The van der Waals surface area contributed by atoms with Crippen molar-refractivity contribution >= 4 is 17.3 Å². The van der Waals surface area contributed by atoms with Gasteiger partial charge in [0.2, 0.25) is 0 Å². The lowest BCUT2D eigenvalue weighted by molar-refractivity contribution is 0.395. The van der Waals surface area contributed by atoms with Crippen molar-refractivity contribution in [2.24, 2.45) is 5.92 Å². The molecule has 0 saturated carbocycles. The van der Waals surface area contributed by atoms with Crippen LogP contribution in [-0.2, 0) is 5.88 Å². The maximum Gasteiger partial charge on any atom is 0.101 e. The van der Waals surface area contributed by atoms with Gasteiger partial charge in [0, 0.05) is 19.0 Å². The quantitative estimate of drug-likeness (QED) is 0.772. The SMILES string of the molecule is CCC1CCN(c2ccc(CCl)cc2C#N)CC1. The zero-order chi connectivity index (χ0) is 13.0. The molecule has 96 valence electrons. The molecule has 1 aliphatic heterocycles. The topological polar surface area (TPSA) is 27.0 Å². The average molecular weight is 263 g/mol. The summed E-state index contributed by atoms with van der Waals surface area (Å²) in [7, 11) is 0. The molecule has 1 aromatic carbocycles. The lowest BCUT2D eigenvalue weighted by Gasteiger charge is -2.33. The number of halogens is 1. The Morgan fingerprint density at radius 3 is 2.67 bits per heavy atom. The third kappa shape index (κ3) is 2.79. The summed E-state index contributed by atoms with van der Waals surface area (Å²) in [6.45, 7) is 4.39. The van der Waals surface area contributed by atoms with E-state index in [2.05, 4.69) is 17.9 Å². The lowest BCUT2D eigenvalue weighted by atomic mass is 9.93. The van der Waals surface area contributed by atoms with Crippen molar-refractivity contribution < 1.29 is 0 Å². The van der Waals surface area contributed by atoms with Crippen LogP contribution in [0.25, 0.3) is 0 Å². The Hall–Kier alpha value is -1.20. The molecular formula is C15H19ClN2. The van der Waals surface area contributed by atoms with Gasteiger partial charge in [0.15, 0.2) is 0 Å². The van der Waals surface area contributed by atoms with E-state index in [-0.39, 0.29) is 0 Å². The van der Waals surface area contributed by atoms with Crippen LogP contribution in [0.2, 0.25) is 0 Å². The van der Waals surface area contributed by atoms with E-state index in [0.717, 1.165) is 35.8 Å². The summed E-state index contributed by atoms with van der Waals surface area (Å²) in [6, 6.07) is 8.27. The minimum atomic E-state index is 0.465. The Labute approximate surface area is 114 Å². The second-order valence-electron chi connectivity index (χ2n) is 4.94. The van der Waals surface area contributed by atoms with E-state index in [1.54, 1.807) is 0 Å². The summed E-state index contributed by atoms with van der Waals surface area (Å²) in [4.78, 5) is 2.34. The van der Waals surface area contributed by atoms with E-state index in [4.69, 9.17) is 11.6 Å². The molecule has 1 heterocycles. The van der Waals surface area contributed by atoms with E-state index in [0.29, 0.717) is 5.88 Å². The zero-order valence-electron chi connectivity index (χ0n) is 10.8. The van der Waals surface area contributed by atoms with Crippen LogP contribution < -0.4 is 4.90 Å². The molecule has 1 aromatic rings. The number of benzene rings is 1. The van der Waals surface area contributed by atoms with Gasteiger partial charge >= 0.3 is 0 Å². The number of nitrogens with zero attached hydrogens (tertiary/aromatic N) is 2. The molecule has 0 aromatic heterocycles. The van der Waals surface area contributed by atoms with Gasteiger partial charge in [-0.2, -0.15) is 5.26 Å². The maximum atomic E-state index is 9.25. The fourth-order valence-electron chi connectivity index (χ4n) is 2.61. The predicted molar refractivity (Wildman–Crippen MR) is 75.9 cm³/mol. The molecule has 2 rings (SSSR count). The Kier molecular flexibility index (Phi) is 4.49. The Balaban J connectivity index is 2.16. The molecule has 0 radical (unpaired) electrons. The molecule has 3 heteroatoms. The van der Waals surface area contributed by atoms with Crippen molar-refractivity contribution in [1.82, 2.24) is 0 Å². The van der Waals surface area contributed by atoms with E-state index < -0.39 is 0 Å².